The molecule has 2 aliphatic heterocycles. The van der Waals surface area contributed by atoms with Crippen molar-refractivity contribution < 1.29 is 18.7 Å². The average Bonchev–Trinajstić information content (AvgIpc) is 2.69. The second kappa shape index (κ2) is 8.95. The Kier molecular flexibility index (Phi) is 6.40. The molecule has 142 valence electrons. The molecule has 2 heterocycles. The molecule has 0 spiro atoms. The third-order valence-electron chi connectivity index (χ3n) is 4.70. The van der Waals surface area contributed by atoms with Gasteiger partial charge in [0.25, 0.3) is 0 Å². The summed E-state index contributed by atoms with van der Waals surface area (Å²) in [7, 11) is 0. The van der Waals surface area contributed by atoms with Gasteiger partial charge in [-0.15, -0.1) is 0 Å². The van der Waals surface area contributed by atoms with Crippen LogP contribution in [0.25, 0.3) is 0 Å². The number of nitrogens with one attached hydrogen (secondary N) is 2. The minimum absolute atomic E-state index is 0.0388. The number of hydrogen-bond acceptors (Lipinski definition) is 5. The van der Waals surface area contributed by atoms with Gasteiger partial charge in [0.05, 0.1) is 13.2 Å². The summed E-state index contributed by atoms with van der Waals surface area (Å²) in [4.78, 5) is 28.2. The molecule has 1 unspecified atom stereocenters. The maximum Gasteiger partial charge on any atom is 0.239 e. The van der Waals surface area contributed by atoms with Crippen LogP contribution in [0.5, 0.6) is 0 Å². The third kappa shape index (κ3) is 4.92. The van der Waals surface area contributed by atoms with E-state index in [1.54, 1.807) is 12.1 Å². The quantitative estimate of drug-likeness (QED) is 0.768. The number of carbonyl (C=O) groups is 2. The zero-order chi connectivity index (χ0) is 18.4. The van der Waals surface area contributed by atoms with Crippen molar-refractivity contribution in [2.45, 2.75) is 12.5 Å². The van der Waals surface area contributed by atoms with Crippen molar-refractivity contribution in [1.29, 1.82) is 0 Å². The second-order valence-electron chi connectivity index (χ2n) is 6.47. The number of piperazine rings is 1. The monoisotopic (exact) mass is 364 g/mol. The van der Waals surface area contributed by atoms with Crippen LogP contribution in [0, 0.1) is 5.82 Å². The summed E-state index contributed by atoms with van der Waals surface area (Å²) in [5.74, 6) is -0.338. The zero-order valence-corrected chi connectivity index (χ0v) is 14.7. The Balaban J connectivity index is 1.37. The fourth-order valence-corrected chi connectivity index (χ4v) is 3.17. The molecular formula is C18H25FN4O3. The van der Waals surface area contributed by atoms with E-state index in [2.05, 4.69) is 15.5 Å². The number of halogens is 1. The standard InChI is InChI=1S/C18H25FN4O3/c19-14-1-3-15(4-2-14)22-8-10-23(11-9-22)17(24)5-6-21-18(25)16-13-26-12-7-20-16/h1-4,16,20H,5-13H2,(H,21,25). The van der Waals surface area contributed by atoms with E-state index in [1.165, 1.54) is 12.1 Å². The molecular weight excluding hydrogens is 339 g/mol. The molecule has 1 aromatic carbocycles. The summed E-state index contributed by atoms with van der Waals surface area (Å²) in [6, 6.07) is 6.07. The second-order valence-corrected chi connectivity index (χ2v) is 6.47. The number of morpholine rings is 1. The minimum atomic E-state index is -0.335. The highest BCUT2D eigenvalue weighted by Crippen LogP contribution is 2.17. The molecule has 0 aromatic heterocycles. The molecule has 2 N–H and O–H groups in total. The van der Waals surface area contributed by atoms with Gasteiger partial charge in [0, 0.05) is 51.4 Å². The van der Waals surface area contributed by atoms with Gasteiger partial charge in [-0.05, 0) is 24.3 Å². The van der Waals surface area contributed by atoms with E-state index in [0.717, 1.165) is 5.69 Å². The number of amides is 2. The van der Waals surface area contributed by atoms with E-state index in [-0.39, 0.29) is 30.1 Å². The van der Waals surface area contributed by atoms with Crippen LogP contribution >= 0.6 is 0 Å². The van der Waals surface area contributed by atoms with Crippen LogP contribution < -0.4 is 15.5 Å². The minimum Gasteiger partial charge on any atom is -0.378 e. The lowest BCUT2D eigenvalue weighted by Crippen LogP contribution is -2.52. The van der Waals surface area contributed by atoms with Crippen molar-refractivity contribution in [1.82, 2.24) is 15.5 Å². The predicted molar refractivity (Wildman–Crippen MR) is 95.4 cm³/mol. The largest absolute Gasteiger partial charge is 0.378 e. The molecule has 2 saturated heterocycles. The highest BCUT2D eigenvalue weighted by Gasteiger charge is 2.23. The SMILES string of the molecule is O=C(NCCC(=O)N1CCN(c2ccc(F)cc2)CC1)C1COCCN1. The number of hydrogen-bond donors (Lipinski definition) is 2. The van der Waals surface area contributed by atoms with E-state index in [1.807, 2.05) is 4.90 Å². The Hall–Kier alpha value is -2.19. The Morgan fingerprint density at radius 3 is 2.58 bits per heavy atom. The first-order chi connectivity index (χ1) is 12.6. The summed E-state index contributed by atoms with van der Waals surface area (Å²) in [6.45, 7) is 4.66. The molecule has 1 aromatic rings. The first-order valence-electron chi connectivity index (χ1n) is 9.00. The van der Waals surface area contributed by atoms with Crippen molar-refractivity contribution >= 4 is 17.5 Å². The summed E-state index contributed by atoms with van der Waals surface area (Å²) < 4.78 is 18.3. The average molecular weight is 364 g/mol. The number of benzene rings is 1. The zero-order valence-electron chi connectivity index (χ0n) is 14.7. The molecule has 26 heavy (non-hydrogen) atoms. The maximum absolute atomic E-state index is 13.0. The van der Waals surface area contributed by atoms with Gasteiger partial charge >= 0.3 is 0 Å². The number of anilines is 1. The van der Waals surface area contributed by atoms with Crippen molar-refractivity contribution in [3.63, 3.8) is 0 Å². The van der Waals surface area contributed by atoms with Crippen molar-refractivity contribution in [2.75, 3.05) is 57.4 Å². The van der Waals surface area contributed by atoms with Crippen LogP contribution in [-0.2, 0) is 14.3 Å². The topological polar surface area (TPSA) is 73.9 Å². The number of rotatable bonds is 5. The molecule has 0 bridgehead atoms. The van der Waals surface area contributed by atoms with Gasteiger partial charge in [0.15, 0.2) is 0 Å². The highest BCUT2D eigenvalue weighted by molar-refractivity contribution is 5.83. The van der Waals surface area contributed by atoms with Gasteiger partial charge in [-0.1, -0.05) is 0 Å². The molecule has 2 amide bonds. The fourth-order valence-electron chi connectivity index (χ4n) is 3.17. The summed E-state index contributed by atoms with van der Waals surface area (Å²) in [6.07, 6.45) is 0.288. The van der Waals surface area contributed by atoms with Gasteiger partial charge in [-0.25, -0.2) is 4.39 Å². The predicted octanol–water partition coefficient (Wildman–Crippen LogP) is -0.0310. The normalized spacial score (nSPS) is 20.7. The maximum atomic E-state index is 13.0. The van der Waals surface area contributed by atoms with Crippen LogP contribution in [-0.4, -0.2) is 75.2 Å². The molecule has 7 nitrogen and oxygen atoms in total. The molecule has 3 rings (SSSR count). The highest BCUT2D eigenvalue weighted by atomic mass is 19.1. The molecule has 0 aliphatic carbocycles. The van der Waals surface area contributed by atoms with Gasteiger partial charge in [-0.2, -0.15) is 0 Å². The van der Waals surface area contributed by atoms with E-state index < -0.39 is 0 Å². The van der Waals surface area contributed by atoms with Gasteiger partial charge in [-0.3, -0.25) is 9.59 Å². The van der Waals surface area contributed by atoms with Crippen molar-refractivity contribution in [3.05, 3.63) is 30.1 Å². The molecule has 0 radical (unpaired) electrons. The number of carbonyl (C=O) groups excluding carboxylic acids is 2. The van der Waals surface area contributed by atoms with E-state index in [9.17, 15) is 14.0 Å². The Labute approximate surface area is 152 Å². The Morgan fingerprint density at radius 2 is 1.92 bits per heavy atom. The van der Waals surface area contributed by atoms with E-state index in [0.29, 0.717) is 52.5 Å². The lowest BCUT2D eigenvalue weighted by Gasteiger charge is -2.36. The smallest absolute Gasteiger partial charge is 0.239 e. The van der Waals surface area contributed by atoms with Crippen LogP contribution in [0.4, 0.5) is 10.1 Å². The third-order valence-corrected chi connectivity index (χ3v) is 4.70. The summed E-state index contributed by atoms with van der Waals surface area (Å²) >= 11 is 0. The lowest BCUT2D eigenvalue weighted by atomic mass is 10.2. The van der Waals surface area contributed by atoms with E-state index in [4.69, 9.17) is 4.74 Å². The molecule has 8 heteroatoms. The van der Waals surface area contributed by atoms with E-state index >= 15 is 0 Å². The molecule has 2 aliphatic rings. The van der Waals surface area contributed by atoms with Crippen molar-refractivity contribution in [2.24, 2.45) is 0 Å². The van der Waals surface area contributed by atoms with Crippen LogP contribution in [0.15, 0.2) is 24.3 Å². The van der Waals surface area contributed by atoms with Crippen LogP contribution in [0.2, 0.25) is 0 Å². The Morgan fingerprint density at radius 1 is 1.19 bits per heavy atom. The van der Waals surface area contributed by atoms with Crippen LogP contribution in [0.1, 0.15) is 6.42 Å². The molecule has 0 saturated carbocycles. The van der Waals surface area contributed by atoms with Gasteiger partial charge < -0.3 is 25.2 Å². The molecule has 1 atom stereocenters. The van der Waals surface area contributed by atoms with Crippen LogP contribution in [0.3, 0.4) is 0 Å². The van der Waals surface area contributed by atoms with Gasteiger partial charge in [0.1, 0.15) is 11.9 Å². The number of ether oxygens (including phenoxy) is 1. The molecule has 2 fully saturated rings. The first-order valence-corrected chi connectivity index (χ1v) is 9.00. The summed E-state index contributed by atoms with van der Waals surface area (Å²) in [5, 5.41) is 5.87. The fraction of sp³-hybridized carbons (Fsp3) is 0.556. The van der Waals surface area contributed by atoms with Crippen molar-refractivity contribution in [3.8, 4) is 0 Å². The first kappa shape index (κ1) is 18.6. The summed E-state index contributed by atoms with van der Waals surface area (Å²) in [5.41, 5.74) is 0.966. The lowest BCUT2D eigenvalue weighted by molar-refractivity contribution is -0.131. The Bertz CT molecular complexity index is 611. The number of nitrogens with zero attached hydrogens (tertiary/aromatic N) is 2. The van der Waals surface area contributed by atoms with Gasteiger partial charge in [0.2, 0.25) is 11.8 Å².